The van der Waals surface area contributed by atoms with Gasteiger partial charge in [0.2, 0.25) is 5.91 Å². The first-order valence-electron chi connectivity index (χ1n) is 12.1. The number of rotatable bonds is 6. The van der Waals surface area contributed by atoms with E-state index in [2.05, 4.69) is 51.7 Å². The maximum Gasteiger partial charge on any atom is 0.325 e. The highest BCUT2D eigenvalue weighted by Gasteiger charge is 2.52. The van der Waals surface area contributed by atoms with Crippen molar-refractivity contribution in [2.75, 3.05) is 18.4 Å². The summed E-state index contributed by atoms with van der Waals surface area (Å²) in [4.78, 5) is 47.5. The van der Waals surface area contributed by atoms with E-state index in [1.165, 1.54) is 16.9 Å². The van der Waals surface area contributed by atoms with Crippen molar-refractivity contribution in [3.05, 3.63) is 46.5 Å². The van der Waals surface area contributed by atoms with Crippen LogP contribution in [0.25, 0.3) is 0 Å². The molecular weight excluding hydrogens is 450 g/mol. The first-order chi connectivity index (χ1) is 16.5. The first-order valence-corrected chi connectivity index (χ1v) is 13.0. The van der Waals surface area contributed by atoms with Gasteiger partial charge in [-0.25, -0.2) is 9.78 Å². The summed E-state index contributed by atoms with van der Waals surface area (Å²) in [5.74, 6) is -0.0561. The molecule has 5 rings (SSSR count). The van der Waals surface area contributed by atoms with Crippen LogP contribution in [0.2, 0.25) is 0 Å². The van der Waals surface area contributed by atoms with Gasteiger partial charge in [0, 0.05) is 30.9 Å². The Hall–Kier alpha value is -2.78. The molecule has 1 aliphatic carbocycles. The highest BCUT2D eigenvalue weighted by molar-refractivity contribution is 7.15. The van der Waals surface area contributed by atoms with Crippen molar-refractivity contribution in [1.82, 2.24) is 20.1 Å². The average molecular weight is 482 g/mol. The zero-order valence-corrected chi connectivity index (χ0v) is 20.3. The van der Waals surface area contributed by atoms with Crippen molar-refractivity contribution < 1.29 is 14.4 Å². The summed E-state index contributed by atoms with van der Waals surface area (Å²) >= 11 is 1.47. The van der Waals surface area contributed by atoms with Crippen molar-refractivity contribution in [2.24, 2.45) is 5.92 Å². The number of thiazole rings is 1. The molecule has 4 amide bonds. The van der Waals surface area contributed by atoms with E-state index >= 15 is 0 Å². The van der Waals surface area contributed by atoms with Crippen LogP contribution in [-0.2, 0) is 29.1 Å². The highest BCUT2D eigenvalue weighted by Crippen LogP contribution is 2.37. The number of urea groups is 1. The highest BCUT2D eigenvalue weighted by atomic mass is 32.1. The van der Waals surface area contributed by atoms with Crippen LogP contribution in [0.5, 0.6) is 0 Å². The van der Waals surface area contributed by atoms with Crippen molar-refractivity contribution >= 4 is 34.3 Å². The summed E-state index contributed by atoms with van der Waals surface area (Å²) in [6.45, 7) is 4.47. The standard InChI is InChI=1S/C25H31N5O3S/c1-2-17-8-11-25(12-9-17)22(32)30(24(33)28-25)16-21(31)27-23-26-19-10-13-29(15-20(19)34-23)14-18-6-4-3-5-7-18/h3-7,17H,2,8-16H2,1H3,(H,28,33)(H,26,27,31). The maximum absolute atomic E-state index is 13.1. The van der Waals surface area contributed by atoms with Crippen LogP contribution in [0.1, 0.15) is 55.2 Å². The van der Waals surface area contributed by atoms with E-state index in [9.17, 15) is 14.4 Å². The average Bonchev–Trinajstić information content (AvgIpc) is 3.33. The quantitative estimate of drug-likeness (QED) is 0.616. The Kier molecular flexibility index (Phi) is 6.40. The number of anilines is 1. The third kappa shape index (κ3) is 4.59. The molecule has 2 fully saturated rings. The largest absolute Gasteiger partial charge is 0.325 e. The van der Waals surface area contributed by atoms with Gasteiger partial charge < -0.3 is 10.6 Å². The van der Waals surface area contributed by atoms with E-state index in [4.69, 9.17) is 0 Å². The maximum atomic E-state index is 13.1. The van der Waals surface area contributed by atoms with Gasteiger partial charge >= 0.3 is 6.03 Å². The third-order valence-electron chi connectivity index (χ3n) is 7.39. The van der Waals surface area contributed by atoms with Gasteiger partial charge in [-0.2, -0.15) is 0 Å². The number of hydrogen-bond donors (Lipinski definition) is 2. The molecule has 1 aromatic carbocycles. The lowest BCUT2D eigenvalue weighted by molar-refractivity contribution is -0.135. The fourth-order valence-corrected chi connectivity index (χ4v) is 6.38. The summed E-state index contributed by atoms with van der Waals surface area (Å²) < 4.78 is 0. The minimum absolute atomic E-state index is 0.266. The molecular formula is C25H31N5O3S. The molecule has 0 unspecified atom stereocenters. The van der Waals surface area contributed by atoms with Gasteiger partial charge in [0.25, 0.3) is 5.91 Å². The molecule has 2 aliphatic heterocycles. The molecule has 1 saturated heterocycles. The number of benzene rings is 1. The van der Waals surface area contributed by atoms with E-state index in [1.54, 1.807) is 0 Å². The molecule has 180 valence electrons. The minimum atomic E-state index is -0.828. The van der Waals surface area contributed by atoms with Gasteiger partial charge in [-0.1, -0.05) is 43.7 Å². The lowest BCUT2D eigenvalue weighted by Crippen LogP contribution is -2.49. The van der Waals surface area contributed by atoms with Gasteiger partial charge in [0.05, 0.1) is 5.69 Å². The van der Waals surface area contributed by atoms with E-state index < -0.39 is 17.5 Å². The van der Waals surface area contributed by atoms with Gasteiger partial charge in [-0.3, -0.25) is 19.4 Å². The zero-order chi connectivity index (χ0) is 23.7. The molecule has 0 atom stereocenters. The SMILES string of the molecule is CCC1CCC2(CC1)NC(=O)N(CC(=O)Nc1nc3c(s1)CN(Cc1ccccc1)CC3)C2=O. The molecule has 3 heterocycles. The number of nitrogens with one attached hydrogen (secondary N) is 2. The molecule has 9 heteroatoms. The summed E-state index contributed by atoms with van der Waals surface area (Å²) in [6.07, 6.45) is 5.07. The Morgan fingerprint density at radius 2 is 2.00 bits per heavy atom. The molecule has 8 nitrogen and oxygen atoms in total. The fourth-order valence-electron chi connectivity index (χ4n) is 5.32. The number of carbonyl (C=O) groups is 3. The Morgan fingerprint density at radius 1 is 1.24 bits per heavy atom. The zero-order valence-electron chi connectivity index (χ0n) is 19.5. The van der Waals surface area contributed by atoms with Crippen molar-refractivity contribution in [3.63, 3.8) is 0 Å². The van der Waals surface area contributed by atoms with Crippen molar-refractivity contribution in [3.8, 4) is 0 Å². The number of nitrogens with zero attached hydrogens (tertiary/aromatic N) is 3. The summed E-state index contributed by atoms with van der Waals surface area (Å²) in [5.41, 5.74) is 1.47. The van der Waals surface area contributed by atoms with Crippen LogP contribution in [0.15, 0.2) is 30.3 Å². The number of aromatic nitrogens is 1. The lowest BCUT2D eigenvalue weighted by atomic mass is 9.75. The topological polar surface area (TPSA) is 94.6 Å². The molecule has 1 spiro atoms. The molecule has 0 radical (unpaired) electrons. The van der Waals surface area contributed by atoms with E-state index in [0.717, 1.165) is 60.8 Å². The Labute approximate surface area is 203 Å². The Morgan fingerprint density at radius 3 is 2.74 bits per heavy atom. The molecule has 34 heavy (non-hydrogen) atoms. The van der Waals surface area contributed by atoms with Crippen LogP contribution in [0.3, 0.4) is 0 Å². The molecule has 2 N–H and O–H groups in total. The van der Waals surface area contributed by atoms with Crippen LogP contribution in [-0.4, -0.2) is 51.3 Å². The first kappa shape index (κ1) is 23.0. The predicted molar refractivity (Wildman–Crippen MR) is 130 cm³/mol. The monoisotopic (exact) mass is 481 g/mol. The fraction of sp³-hybridized carbons (Fsp3) is 0.520. The Bertz CT molecular complexity index is 1080. The van der Waals surface area contributed by atoms with Crippen LogP contribution in [0.4, 0.5) is 9.93 Å². The molecule has 3 aliphatic rings. The van der Waals surface area contributed by atoms with Crippen LogP contribution >= 0.6 is 11.3 Å². The molecule has 1 saturated carbocycles. The van der Waals surface area contributed by atoms with Gasteiger partial charge in [0.1, 0.15) is 12.1 Å². The number of carbonyl (C=O) groups excluding carboxylic acids is 3. The predicted octanol–water partition coefficient (Wildman–Crippen LogP) is 3.53. The lowest BCUT2D eigenvalue weighted by Gasteiger charge is -2.34. The summed E-state index contributed by atoms with van der Waals surface area (Å²) in [7, 11) is 0. The minimum Gasteiger partial charge on any atom is -0.323 e. The van der Waals surface area contributed by atoms with Gasteiger partial charge in [-0.15, -0.1) is 11.3 Å². The second-order valence-electron chi connectivity index (χ2n) is 9.64. The van der Waals surface area contributed by atoms with Crippen LogP contribution < -0.4 is 10.6 Å². The van der Waals surface area contributed by atoms with Gasteiger partial charge in [0.15, 0.2) is 5.13 Å². The second-order valence-corrected chi connectivity index (χ2v) is 10.7. The van der Waals surface area contributed by atoms with E-state index in [1.807, 2.05) is 6.07 Å². The molecule has 0 bridgehead atoms. The van der Waals surface area contributed by atoms with E-state index in [0.29, 0.717) is 23.9 Å². The number of fused-ring (bicyclic) bond motifs is 1. The normalized spacial score (nSPS) is 24.9. The molecule has 1 aromatic heterocycles. The molecule has 2 aromatic rings. The van der Waals surface area contributed by atoms with Crippen molar-refractivity contribution in [1.29, 1.82) is 0 Å². The van der Waals surface area contributed by atoms with E-state index in [-0.39, 0.29) is 12.5 Å². The number of imide groups is 1. The number of amides is 4. The van der Waals surface area contributed by atoms with Crippen LogP contribution in [0, 0.1) is 5.92 Å². The van der Waals surface area contributed by atoms with Gasteiger partial charge in [-0.05, 0) is 37.2 Å². The second kappa shape index (κ2) is 9.46. The smallest absolute Gasteiger partial charge is 0.323 e. The summed E-state index contributed by atoms with van der Waals surface area (Å²) in [6, 6.07) is 9.91. The summed E-state index contributed by atoms with van der Waals surface area (Å²) in [5, 5.41) is 6.23. The Balaban J connectivity index is 1.18. The third-order valence-corrected chi connectivity index (χ3v) is 8.39. The van der Waals surface area contributed by atoms with Crippen molar-refractivity contribution in [2.45, 2.75) is 64.1 Å². The number of hydrogen-bond acceptors (Lipinski definition) is 6.